The number of alkyl halides is 2. The molecular formula is C12H20F2O6S. The first-order valence-electron chi connectivity index (χ1n) is 6.42. The zero-order valence-electron chi connectivity index (χ0n) is 12.1. The fourth-order valence-electron chi connectivity index (χ4n) is 2.60. The van der Waals surface area contributed by atoms with Gasteiger partial charge in [0.25, 0.3) is 0 Å². The summed E-state index contributed by atoms with van der Waals surface area (Å²) in [6.45, 7) is 5.58. The highest BCUT2D eigenvalue weighted by Crippen LogP contribution is 2.55. The summed E-state index contributed by atoms with van der Waals surface area (Å²) in [7, 11) is 0. The van der Waals surface area contributed by atoms with Crippen LogP contribution in [-0.4, -0.2) is 34.8 Å². The summed E-state index contributed by atoms with van der Waals surface area (Å²) >= 11 is -0.647. The van der Waals surface area contributed by atoms with Crippen molar-refractivity contribution in [2.45, 2.75) is 38.9 Å². The molecule has 1 aliphatic carbocycles. The van der Waals surface area contributed by atoms with Gasteiger partial charge in [0.2, 0.25) is 0 Å². The number of hydrogen-bond acceptors (Lipinski definition) is 7. The topological polar surface area (TPSA) is 85.2 Å². The lowest BCUT2D eigenvalue weighted by Gasteiger charge is -2.40. The smallest absolute Gasteiger partial charge is 0.415 e. The quantitative estimate of drug-likeness (QED) is 0.321. The molecule has 2 unspecified atom stereocenters. The molecule has 2 atom stereocenters. The summed E-state index contributed by atoms with van der Waals surface area (Å²) in [6, 6.07) is 0. The zero-order chi connectivity index (χ0) is 16.3. The molecule has 2 N–H and O–H groups in total. The van der Waals surface area contributed by atoms with Gasteiger partial charge in [0.05, 0.1) is 6.61 Å². The molecule has 9 heteroatoms. The van der Waals surface area contributed by atoms with Crippen molar-refractivity contribution < 1.29 is 38.0 Å². The molecule has 6 nitrogen and oxygen atoms in total. The van der Waals surface area contributed by atoms with Crippen LogP contribution in [0.4, 0.5) is 8.78 Å². The lowest BCUT2D eigenvalue weighted by atomic mass is 9.66. The third-order valence-corrected chi connectivity index (χ3v) is 5.30. The number of halogens is 2. The Bertz CT molecular complexity index is 379. The molecule has 0 aliphatic heterocycles. The summed E-state index contributed by atoms with van der Waals surface area (Å²) < 4.78 is 34.7. The van der Waals surface area contributed by atoms with Crippen LogP contribution in [0.2, 0.25) is 0 Å². The normalized spacial score (nSPS) is 28.6. The summed E-state index contributed by atoms with van der Waals surface area (Å²) in [4.78, 5) is 11.3. The van der Waals surface area contributed by atoms with E-state index in [1.54, 1.807) is 0 Å². The van der Waals surface area contributed by atoms with Gasteiger partial charge in [-0.1, -0.05) is 25.8 Å². The summed E-state index contributed by atoms with van der Waals surface area (Å²) in [5.41, 5.74) is -0.690. The van der Waals surface area contributed by atoms with Crippen LogP contribution in [0.1, 0.15) is 33.6 Å². The van der Waals surface area contributed by atoms with Crippen LogP contribution in [-0.2, 0) is 18.9 Å². The van der Waals surface area contributed by atoms with Gasteiger partial charge in [-0.25, -0.2) is 10.1 Å². The molecule has 0 radical (unpaired) electrons. The van der Waals surface area contributed by atoms with E-state index in [0.29, 0.717) is 6.42 Å². The van der Waals surface area contributed by atoms with Gasteiger partial charge in [0, 0.05) is 6.61 Å². The molecule has 0 aromatic carbocycles. The number of carbonyl (C=O) groups is 1. The van der Waals surface area contributed by atoms with Crippen molar-refractivity contribution in [1.29, 1.82) is 0 Å². The van der Waals surface area contributed by atoms with E-state index in [1.807, 2.05) is 20.8 Å². The number of aliphatic hydroxyl groups is 1. The van der Waals surface area contributed by atoms with Crippen molar-refractivity contribution in [3.05, 3.63) is 0 Å². The average Bonchev–Trinajstić information content (AvgIpc) is 2.65. The molecule has 0 amide bonds. The maximum atomic E-state index is 13.2. The van der Waals surface area contributed by atoms with E-state index in [-0.39, 0.29) is 30.0 Å². The molecule has 0 aromatic heterocycles. The van der Waals surface area contributed by atoms with Gasteiger partial charge in [0.1, 0.15) is 12.0 Å². The molecule has 1 rings (SSSR count). The second kappa shape index (κ2) is 6.74. The highest BCUT2D eigenvalue weighted by atomic mass is 32.2. The Hall–Kier alpha value is -0.480. The SMILES string of the molecule is CC1(CO)CCC(COC(=O)C(F)(F)SOOO)C1(C)C. The first-order chi connectivity index (χ1) is 9.60. The van der Waals surface area contributed by atoms with E-state index in [4.69, 9.17) is 5.26 Å². The van der Waals surface area contributed by atoms with Gasteiger partial charge >= 0.3 is 11.2 Å². The minimum absolute atomic E-state index is 0.0157. The monoisotopic (exact) mass is 330 g/mol. The number of rotatable bonds is 7. The third-order valence-electron chi connectivity index (χ3n) is 4.79. The largest absolute Gasteiger partial charge is 0.460 e. The van der Waals surface area contributed by atoms with Crippen LogP contribution >= 0.6 is 12.0 Å². The second-order valence-electron chi connectivity index (χ2n) is 6.02. The van der Waals surface area contributed by atoms with E-state index >= 15 is 0 Å². The predicted octanol–water partition coefficient (Wildman–Crippen LogP) is 2.63. The van der Waals surface area contributed by atoms with Crippen molar-refractivity contribution in [3.63, 3.8) is 0 Å². The summed E-state index contributed by atoms with van der Waals surface area (Å²) in [6.07, 6.45) is 1.40. The Kier molecular flexibility index (Phi) is 5.96. The van der Waals surface area contributed by atoms with E-state index in [2.05, 4.69) is 14.1 Å². The second-order valence-corrected chi connectivity index (χ2v) is 6.83. The molecule has 0 bridgehead atoms. The van der Waals surface area contributed by atoms with Crippen LogP contribution < -0.4 is 0 Å². The molecular weight excluding hydrogens is 310 g/mol. The first kappa shape index (κ1) is 18.6. The molecule has 0 aromatic rings. The summed E-state index contributed by atoms with van der Waals surface area (Å²) in [5, 5.41) is 16.4. The zero-order valence-corrected chi connectivity index (χ0v) is 12.9. The third kappa shape index (κ3) is 3.84. The number of esters is 1. The molecule has 0 heterocycles. The van der Waals surface area contributed by atoms with Crippen molar-refractivity contribution in [2.75, 3.05) is 13.2 Å². The van der Waals surface area contributed by atoms with Crippen molar-refractivity contribution >= 4 is 18.0 Å². The standard InChI is InChI=1S/C12H20F2O6S/c1-10(2)8(4-5-11(10,3)7-15)6-18-9(16)12(13,14)21-20-19-17/h8,15,17H,4-7H2,1-3H3. The van der Waals surface area contributed by atoms with E-state index in [9.17, 15) is 18.7 Å². The van der Waals surface area contributed by atoms with Crippen LogP contribution in [0, 0.1) is 16.7 Å². The van der Waals surface area contributed by atoms with Crippen LogP contribution in [0.15, 0.2) is 0 Å². The average molecular weight is 330 g/mol. The van der Waals surface area contributed by atoms with Gasteiger partial charge in [-0.15, -0.1) is 4.33 Å². The van der Waals surface area contributed by atoms with Crippen LogP contribution in [0.25, 0.3) is 0 Å². The lowest BCUT2D eigenvalue weighted by molar-refractivity contribution is -0.433. The van der Waals surface area contributed by atoms with Crippen LogP contribution in [0.3, 0.4) is 0 Å². The maximum absolute atomic E-state index is 13.2. The Morgan fingerprint density at radius 2 is 2.05 bits per heavy atom. The number of hydrogen-bond donors (Lipinski definition) is 2. The molecule has 1 aliphatic rings. The van der Waals surface area contributed by atoms with Gasteiger partial charge in [0.15, 0.2) is 0 Å². The Balaban J connectivity index is 2.58. The van der Waals surface area contributed by atoms with Gasteiger partial charge in [-0.2, -0.15) is 8.78 Å². The van der Waals surface area contributed by atoms with Gasteiger partial charge in [-0.05, 0) is 29.6 Å². The van der Waals surface area contributed by atoms with Crippen molar-refractivity contribution in [1.82, 2.24) is 0 Å². The number of carbonyl (C=O) groups excluding carboxylic acids is 1. The fourth-order valence-corrected chi connectivity index (χ4v) is 2.84. The Morgan fingerprint density at radius 1 is 1.43 bits per heavy atom. The minimum atomic E-state index is -3.98. The molecule has 21 heavy (non-hydrogen) atoms. The minimum Gasteiger partial charge on any atom is -0.460 e. The van der Waals surface area contributed by atoms with E-state index < -0.39 is 23.3 Å². The fraction of sp³-hybridized carbons (Fsp3) is 0.917. The highest BCUT2D eigenvalue weighted by Gasteiger charge is 2.52. The summed E-state index contributed by atoms with van der Waals surface area (Å²) in [5.74, 6) is -1.90. The molecule has 1 fully saturated rings. The molecule has 0 saturated heterocycles. The lowest BCUT2D eigenvalue weighted by Crippen LogP contribution is -2.39. The first-order valence-corrected chi connectivity index (χ1v) is 7.17. The Labute approximate surface area is 125 Å². The maximum Gasteiger partial charge on any atom is 0.415 e. The van der Waals surface area contributed by atoms with Crippen molar-refractivity contribution in [2.24, 2.45) is 16.7 Å². The Morgan fingerprint density at radius 3 is 2.52 bits per heavy atom. The number of aliphatic hydroxyl groups excluding tert-OH is 1. The predicted molar refractivity (Wildman–Crippen MR) is 70.0 cm³/mol. The van der Waals surface area contributed by atoms with E-state index in [0.717, 1.165) is 6.42 Å². The van der Waals surface area contributed by atoms with Gasteiger partial charge < -0.3 is 9.84 Å². The van der Waals surface area contributed by atoms with Crippen LogP contribution in [0.5, 0.6) is 0 Å². The van der Waals surface area contributed by atoms with Crippen molar-refractivity contribution in [3.8, 4) is 0 Å². The van der Waals surface area contributed by atoms with Gasteiger partial charge in [-0.3, -0.25) is 0 Å². The molecule has 0 spiro atoms. The van der Waals surface area contributed by atoms with E-state index in [1.165, 1.54) is 0 Å². The molecule has 1 saturated carbocycles. The highest BCUT2D eigenvalue weighted by molar-refractivity contribution is 7.96. The number of ether oxygens (including phenoxy) is 1. The molecule has 124 valence electrons.